The number of unbranched alkanes of at least 4 members (excludes halogenated alkanes) is 2. The average Bonchev–Trinajstić information content (AvgIpc) is 2.98. The first-order valence-corrected chi connectivity index (χ1v) is 7.57. The number of nitro benzene ring substituents is 1. The molecule has 0 saturated heterocycles. The summed E-state index contributed by atoms with van der Waals surface area (Å²) in [6.07, 6.45) is 4.65. The first kappa shape index (κ1) is 15.6. The zero-order chi connectivity index (χ0) is 15.2. The zero-order valence-electron chi connectivity index (χ0n) is 11.7. The SMILES string of the molecule is CCCCCOc1cc(-c2ccco2)c([N+](=O)[O-])cc1Br. The lowest BCUT2D eigenvalue weighted by molar-refractivity contribution is -0.384. The highest BCUT2D eigenvalue weighted by atomic mass is 79.9. The summed E-state index contributed by atoms with van der Waals surface area (Å²) in [7, 11) is 0. The zero-order valence-corrected chi connectivity index (χ0v) is 13.3. The molecule has 0 fully saturated rings. The van der Waals surface area contributed by atoms with E-state index in [0.29, 0.717) is 28.2 Å². The van der Waals surface area contributed by atoms with Crippen molar-refractivity contribution >= 4 is 21.6 Å². The first-order valence-electron chi connectivity index (χ1n) is 6.78. The molecule has 1 aromatic heterocycles. The van der Waals surface area contributed by atoms with E-state index in [1.807, 2.05) is 0 Å². The molecule has 1 aromatic carbocycles. The molecule has 0 atom stereocenters. The van der Waals surface area contributed by atoms with E-state index < -0.39 is 4.92 Å². The topological polar surface area (TPSA) is 65.5 Å². The second-order valence-corrected chi connectivity index (χ2v) is 5.44. The van der Waals surface area contributed by atoms with E-state index in [1.54, 1.807) is 18.2 Å². The van der Waals surface area contributed by atoms with Gasteiger partial charge in [-0.3, -0.25) is 10.1 Å². The summed E-state index contributed by atoms with van der Waals surface area (Å²) < 4.78 is 11.5. The van der Waals surface area contributed by atoms with Crippen LogP contribution in [0.3, 0.4) is 0 Å². The molecule has 0 aliphatic heterocycles. The van der Waals surface area contributed by atoms with Crippen LogP contribution in [0, 0.1) is 10.1 Å². The van der Waals surface area contributed by atoms with Gasteiger partial charge in [-0.05, 0) is 40.5 Å². The van der Waals surface area contributed by atoms with Crippen molar-refractivity contribution in [2.75, 3.05) is 6.61 Å². The van der Waals surface area contributed by atoms with Crippen LogP contribution in [0.15, 0.2) is 39.4 Å². The molecule has 0 bridgehead atoms. The van der Waals surface area contributed by atoms with E-state index in [-0.39, 0.29) is 5.69 Å². The van der Waals surface area contributed by atoms with Crippen molar-refractivity contribution in [1.29, 1.82) is 0 Å². The lowest BCUT2D eigenvalue weighted by Gasteiger charge is -2.10. The third kappa shape index (κ3) is 3.85. The molecule has 0 spiro atoms. The summed E-state index contributed by atoms with van der Waals surface area (Å²) in [5.41, 5.74) is 0.399. The molecule has 0 aliphatic carbocycles. The fraction of sp³-hybridized carbons (Fsp3) is 0.333. The van der Waals surface area contributed by atoms with E-state index in [2.05, 4.69) is 22.9 Å². The highest BCUT2D eigenvalue weighted by molar-refractivity contribution is 9.10. The van der Waals surface area contributed by atoms with Crippen LogP contribution in [0.5, 0.6) is 5.75 Å². The smallest absolute Gasteiger partial charge is 0.281 e. The minimum Gasteiger partial charge on any atom is -0.492 e. The van der Waals surface area contributed by atoms with Gasteiger partial charge < -0.3 is 9.15 Å². The van der Waals surface area contributed by atoms with Gasteiger partial charge in [0.1, 0.15) is 11.5 Å². The second-order valence-electron chi connectivity index (χ2n) is 4.59. The Morgan fingerprint density at radius 3 is 2.81 bits per heavy atom. The van der Waals surface area contributed by atoms with Gasteiger partial charge in [-0.1, -0.05) is 19.8 Å². The van der Waals surface area contributed by atoms with Crippen LogP contribution in [0.4, 0.5) is 5.69 Å². The predicted octanol–water partition coefficient (Wildman–Crippen LogP) is 5.19. The molecule has 2 aromatic rings. The van der Waals surface area contributed by atoms with Gasteiger partial charge in [-0.2, -0.15) is 0 Å². The highest BCUT2D eigenvalue weighted by Crippen LogP contribution is 2.38. The van der Waals surface area contributed by atoms with Gasteiger partial charge >= 0.3 is 0 Å². The maximum absolute atomic E-state index is 11.2. The number of nitro groups is 1. The summed E-state index contributed by atoms with van der Waals surface area (Å²) in [4.78, 5) is 10.8. The van der Waals surface area contributed by atoms with Crippen molar-refractivity contribution in [3.63, 3.8) is 0 Å². The maximum atomic E-state index is 11.2. The minimum absolute atomic E-state index is 0.0160. The Labute approximate surface area is 131 Å². The highest BCUT2D eigenvalue weighted by Gasteiger charge is 2.21. The fourth-order valence-corrected chi connectivity index (χ4v) is 2.41. The molecular weight excluding hydrogens is 338 g/mol. The Morgan fingerprint density at radius 2 is 2.19 bits per heavy atom. The van der Waals surface area contributed by atoms with Crippen LogP contribution in [-0.2, 0) is 0 Å². The molecule has 21 heavy (non-hydrogen) atoms. The fourth-order valence-electron chi connectivity index (χ4n) is 1.97. The van der Waals surface area contributed by atoms with Crippen LogP contribution < -0.4 is 4.74 Å². The average molecular weight is 354 g/mol. The summed E-state index contributed by atoms with van der Waals surface area (Å²) in [6.45, 7) is 2.71. The summed E-state index contributed by atoms with van der Waals surface area (Å²) in [5.74, 6) is 1.04. The Morgan fingerprint density at radius 1 is 1.38 bits per heavy atom. The quantitative estimate of drug-likeness (QED) is 0.390. The number of hydrogen-bond donors (Lipinski definition) is 0. The molecule has 6 heteroatoms. The van der Waals surface area contributed by atoms with Crippen molar-refractivity contribution < 1.29 is 14.1 Å². The maximum Gasteiger partial charge on any atom is 0.281 e. The van der Waals surface area contributed by atoms with Crippen LogP contribution >= 0.6 is 15.9 Å². The van der Waals surface area contributed by atoms with Crippen LogP contribution in [0.25, 0.3) is 11.3 Å². The Hall–Kier alpha value is -1.82. The van der Waals surface area contributed by atoms with Crippen molar-refractivity contribution in [3.05, 3.63) is 45.1 Å². The number of furan rings is 1. The van der Waals surface area contributed by atoms with Crippen molar-refractivity contribution in [1.82, 2.24) is 0 Å². The van der Waals surface area contributed by atoms with Crippen molar-refractivity contribution in [2.45, 2.75) is 26.2 Å². The van der Waals surface area contributed by atoms with Crippen molar-refractivity contribution in [2.24, 2.45) is 0 Å². The van der Waals surface area contributed by atoms with Gasteiger partial charge in [0.15, 0.2) is 0 Å². The summed E-state index contributed by atoms with van der Waals surface area (Å²) >= 11 is 3.32. The normalized spacial score (nSPS) is 10.6. The largest absolute Gasteiger partial charge is 0.492 e. The summed E-state index contributed by atoms with van der Waals surface area (Å²) in [5, 5.41) is 11.2. The molecule has 0 unspecified atom stereocenters. The van der Waals surface area contributed by atoms with Gasteiger partial charge in [0.25, 0.3) is 5.69 Å². The number of hydrogen-bond acceptors (Lipinski definition) is 4. The van der Waals surface area contributed by atoms with Gasteiger partial charge in [-0.15, -0.1) is 0 Å². The van der Waals surface area contributed by atoms with E-state index in [9.17, 15) is 10.1 Å². The molecule has 0 aliphatic rings. The molecule has 0 radical (unpaired) electrons. The number of rotatable bonds is 7. The van der Waals surface area contributed by atoms with E-state index >= 15 is 0 Å². The van der Waals surface area contributed by atoms with Crippen molar-refractivity contribution in [3.8, 4) is 17.1 Å². The Balaban J connectivity index is 2.31. The van der Waals surface area contributed by atoms with Crippen LogP contribution in [0.2, 0.25) is 0 Å². The van der Waals surface area contributed by atoms with E-state index in [0.717, 1.165) is 19.3 Å². The van der Waals surface area contributed by atoms with E-state index in [4.69, 9.17) is 9.15 Å². The number of nitrogens with zero attached hydrogens (tertiary/aromatic N) is 1. The lowest BCUT2D eigenvalue weighted by atomic mass is 10.1. The monoisotopic (exact) mass is 353 g/mol. The third-order valence-electron chi connectivity index (χ3n) is 3.04. The van der Waals surface area contributed by atoms with Gasteiger partial charge in [-0.25, -0.2) is 0 Å². The minimum atomic E-state index is -0.427. The number of halogens is 1. The third-order valence-corrected chi connectivity index (χ3v) is 3.66. The lowest BCUT2D eigenvalue weighted by Crippen LogP contribution is -1.99. The number of ether oxygens (including phenoxy) is 1. The summed E-state index contributed by atoms with van der Waals surface area (Å²) in [6, 6.07) is 6.49. The standard InChI is InChI=1S/C15H16BrNO4/c1-2-3-4-7-21-15-9-11(14-6-5-8-20-14)13(17(18)19)10-12(15)16/h5-6,8-10H,2-4,7H2,1H3. The van der Waals surface area contributed by atoms with Gasteiger partial charge in [0.2, 0.25) is 0 Å². The molecule has 0 saturated carbocycles. The second kappa shape index (κ2) is 7.26. The molecule has 5 nitrogen and oxygen atoms in total. The van der Waals surface area contributed by atoms with Crippen LogP contribution in [0.1, 0.15) is 26.2 Å². The van der Waals surface area contributed by atoms with E-state index in [1.165, 1.54) is 12.3 Å². The molecule has 0 N–H and O–H groups in total. The Kier molecular flexibility index (Phi) is 5.38. The number of benzene rings is 1. The molecule has 112 valence electrons. The van der Waals surface area contributed by atoms with Crippen LogP contribution in [-0.4, -0.2) is 11.5 Å². The molecule has 0 amide bonds. The first-order chi connectivity index (χ1) is 10.1. The Bertz CT molecular complexity index is 610. The molecule has 2 rings (SSSR count). The van der Waals surface area contributed by atoms with Gasteiger partial charge in [0, 0.05) is 6.07 Å². The van der Waals surface area contributed by atoms with Gasteiger partial charge in [0.05, 0.1) is 27.8 Å². The molecule has 1 heterocycles. The predicted molar refractivity (Wildman–Crippen MR) is 83.5 cm³/mol. The molecular formula is C15H16BrNO4.